The van der Waals surface area contributed by atoms with Gasteiger partial charge in [0.1, 0.15) is 0 Å². The van der Waals surface area contributed by atoms with Crippen LogP contribution >= 0.6 is 11.3 Å². The smallest absolute Gasteiger partial charge is 0.216 e. The van der Waals surface area contributed by atoms with E-state index in [-0.39, 0.29) is 5.25 Å². The molecule has 12 heteroatoms. The van der Waals surface area contributed by atoms with E-state index in [1.165, 1.54) is 9.18 Å². The van der Waals surface area contributed by atoms with Gasteiger partial charge in [-0.25, -0.2) is 22.7 Å². The van der Waals surface area contributed by atoms with E-state index in [1.54, 1.807) is 25.4 Å². The molecule has 1 N–H and O–H groups in total. The molecule has 10 nitrogen and oxygen atoms in total. The predicted octanol–water partition coefficient (Wildman–Crippen LogP) is 2.93. The van der Waals surface area contributed by atoms with Gasteiger partial charge in [-0.15, -0.1) is 11.3 Å². The zero-order valence-electron chi connectivity index (χ0n) is 21.1. The van der Waals surface area contributed by atoms with Crippen molar-refractivity contribution in [1.82, 2.24) is 29.4 Å². The van der Waals surface area contributed by atoms with Gasteiger partial charge in [-0.3, -0.25) is 10.00 Å². The highest BCUT2D eigenvalue weighted by molar-refractivity contribution is 7.89. The van der Waals surface area contributed by atoms with Crippen LogP contribution in [0.1, 0.15) is 17.7 Å². The van der Waals surface area contributed by atoms with Crippen molar-refractivity contribution in [1.29, 1.82) is 0 Å². The lowest BCUT2D eigenvalue weighted by Crippen LogP contribution is -2.42. The average Bonchev–Trinajstić information content (AvgIpc) is 3.55. The van der Waals surface area contributed by atoms with Crippen LogP contribution in [-0.2, 0) is 21.3 Å². The number of H-pyrrole nitrogens is 1. The molecule has 0 atom stereocenters. The summed E-state index contributed by atoms with van der Waals surface area (Å²) in [7, 11) is 0.0278. The van der Waals surface area contributed by atoms with Crippen LogP contribution in [0.4, 0.5) is 5.82 Å². The third-order valence-electron chi connectivity index (χ3n) is 7.29. The number of aromatic amines is 1. The van der Waals surface area contributed by atoms with E-state index in [0.29, 0.717) is 31.9 Å². The minimum absolute atomic E-state index is 0.298. The number of fused-ring (bicyclic) bond motifs is 2. The Bertz CT molecular complexity index is 1520. The van der Waals surface area contributed by atoms with E-state index in [4.69, 9.17) is 14.7 Å². The number of hydrogen-bond donors (Lipinski definition) is 1. The number of likely N-dealkylation sites (tertiary alicyclic amines) is 1. The lowest BCUT2D eigenvalue weighted by molar-refractivity contribution is 0.122. The van der Waals surface area contributed by atoms with Crippen LogP contribution in [0.25, 0.3) is 32.5 Å². The van der Waals surface area contributed by atoms with Crippen molar-refractivity contribution < 1.29 is 13.2 Å². The van der Waals surface area contributed by atoms with Gasteiger partial charge in [0.05, 0.1) is 40.4 Å². The molecule has 5 heterocycles. The first-order valence-electron chi connectivity index (χ1n) is 12.6. The zero-order valence-corrected chi connectivity index (χ0v) is 22.7. The molecule has 0 spiro atoms. The van der Waals surface area contributed by atoms with Crippen molar-refractivity contribution in [3.05, 3.63) is 35.3 Å². The fourth-order valence-electron chi connectivity index (χ4n) is 5.20. The molecule has 0 bridgehead atoms. The molecule has 0 radical (unpaired) electrons. The van der Waals surface area contributed by atoms with E-state index in [1.807, 2.05) is 24.4 Å². The molecule has 0 aliphatic carbocycles. The summed E-state index contributed by atoms with van der Waals surface area (Å²) in [6, 6.07) is 8.22. The standard InChI is InChI=1S/C25H31N7O3S2/c1-30(2)37(33,34)18-6-8-31(9-7-18)16-17-14-22-23(36-17)25(32-10-12-35-13-11-32)28-24(27-22)19-4-3-5-21-20(19)15-26-29-21/h3-5,14-15,18H,6-13,16H2,1-2H3,(H,26,29). The fourth-order valence-corrected chi connectivity index (χ4v) is 7.76. The second kappa shape index (κ2) is 9.91. The van der Waals surface area contributed by atoms with Crippen LogP contribution in [-0.4, -0.2) is 96.5 Å². The molecule has 2 aliphatic heterocycles. The molecule has 0 unspecified atom stereocenters. The second-order valence-electron chi connectivity index (χ2n) is 9.84. The number of hydrogen-bond acceptors (Lipinski definition) is 9. The number of piperidine rings is 1. The molecule has 2 aliphatic rings. The number of rotatable bonds is 6. The summed E-state index contributed by atoms with van der Waals surface area (Å²) in [6.45, 7) is 5.27. The Morgan fingerprint density at radius 3 is 2.68 bits per heavy atom. The van der Waals surface area contributed by atoms with Gasteiger partial charge in [0.2, 0.25) is 10.0 Å². The number of sulfonamides is 1. The van der Waals surface area contributed by atoms with Crippen molar-refractivity contribution in [2.75, 3.05) is 58.4 Å². The van der Waals surface area contributed by atoms with Gasteiger partial charge in [0.25, 0.3) is 0 Å². The lowest BCUT2D eigenvalue weighted by Gasteiger charge is -2.32. The van der Waals surface area contributed by atoms with Gasteiger partial charge in [0, 0.05) is 49.6 Å². The molecule has 1 aromatic carbocycles. The topological polar surface area (TPSA) is 108 Å². The number of ether oxygens (including phenoxy) is 1. The highest BCUT2D eigenvalue weighted by Crippen LogP contribution is 2.36. The molecule has 6 rings (SSSR count). The number of anilines is 1. The van der Waals surface area contributed by atoms with E-state index >= 15 is 0 Å². The van der Waals surface area contributed by atoms with Gasteiger partial charge in [0.15, 0.2) is 11.6 Å². The van der Waals surface area contributed by atoms with E-state index in [0.717, 1.165) is 65.2 Å². The normalized spacial score (nSPS) is 18.4. The summed E-state index contributed by atoms with van der Waals surface area (Å²) >= 11 is 1.74. The predicted molar refractivity (Wildman–Crippen MR) is 146 cm³/mol. The molecular formula is C25H31N7O3S2. The maximum absolute atomic E-state index is 12.5. The van der Waals surface area contributed by atoms with Gasteiger partial charge >= 0.3 is 0 Å². The van der Waals surface area contributed by atoms with Crippen LogP contribution in [0.3, 0.4) is 0 Å². The Morgan fingerprint density at radius 1 is 1.14 bits per heavy atom. The summed E-state index contributed by atoms with van der Waals surface area (Å²) in [5.74, 6) is 1.65. The number of thiophene rings is 1. The highest BCUT2D eigenvalue weighted by Gasteiger charge is 2.31. The van der Waals surface area contributed by atoms with Crippen molar-refractivity contribution in [3.63, 3.8) is 0 Å². The number of benzene rings is 1. The molecule has 196 valence electrons. The molecule has 4 aromatic rings. The fraction of sp³-hybridized carbons (Fsp3) is 0.480. The van der Waals surface area contributed by atoms with Crippen LogP contribution in [0.15, 0.2) is 30.5 Å². The zero-order chi connectivity index (χ0) is 25.6. The third kappa shape index (κ3) is 4.72. The van der Waals surface area contributed by atoms with Crippen molar-refractivity contribution in [2.24, 2.45) is 0 Å². The number of morpholine rings is 1. The molecule has 2 fully saturated rings. The number of aromatic nitrogens is 4. The highest BCUT2D eigenvalue weighted by atomic mass is 32.2. The minimum atomic E-state index is -3.21. The molecule has 37 heavy (non-hydrogen) atoms. The number of nitrogens with one attached hydrogen (secondary N) is 1. The summed E-state index contributed by atoms with van der Waals surface area (Å²) < 4.78 is 33.1. The van der Waals surface area contributed by atoms with Gasteiger partial charge in [-0.05, 0) is 38.1 Å². The van der Waals surface area contributed by atoms with Crippen molar-refractivity contribution in [3.8, 4) is 11.4 Å². The maximum Gasteiger partial charge on any atom is 0.216 e. The van der Waals surface area contributed by atoms with Gasteiger partial charge < -0.3 is 9.64 Å². The van der Waals surface area contributed by atoms with E-state index < -0.39 is 10.0 Å². The summed E-state index contributed by atoms with van der Waals surface area (Å²) in [5.41, 5.74) is 2.86. The molecule has 0 saturated carbocycles. The molecule has 0 amide bonds. The first-order valence-corrected chi connectivity index (χ1v) is 14.9. The SMILES string of the molecule is CN(C)S(=O)(=O)C1CCN(Cc2cc3nc(-c4cccc5[nH]ncc45)nc(N4CCOCC4)c3s2)CC1. The van der Waals surface area contributed by atoms with Crippen LogP contribution < -0.4 is 4.90 Å². The van der Waals surface area contributed by atoms with Crippen LogP contribution in [0.2, 0.25) is 0 Å². The third-order valence-corrected chi connectivity index (χ3v) is 10.7. The average molecular weight is 542 g/mol. The van der Waals surface area contributed by atoms with Gasteiger partial charge in [-0.2, -0.15) is 5.10 Å². The Balaban J connectivity index is 1.31. The van der Waals surface area contributed by atoms with Crippen molar-refractivity contribution in [2.45, 2.75) is 24.6 Å². The molecule has 3 aromatic heterocycles. The molecular weight excluding hydrogens is 510 g/mol. The quantitative estimate of drug-likeness (QED) is 0.397. The Hall–Kier alpha value is -2.64. The van der Waals surface area contributed by atoms with Gasteiger partial charge in [-0.1, -0.05) is 12.1 Å². The first-order chi connectivity index (χ1) is 17.9. The second-order valence-corrected chi connectivity index (χ2v) is 13.4. The maximum atomic E-state index is 12.5. The Labute approximate surface area is 220 Å². The largest absolute Gasteiger partial charge is 0.378 e. The Kier molecular flexibility index (Phi) is 6.61. The van der Waals surface area contributed by atoms with Crippen LogP contribution in [0, 0.1) is 0 Å². The van der Waals surface area contributed by atoms with E-state index in [9.17, 15) is 8.42 Å². The van der Waals surface area contributed by atoms with E-state index in [2.05, 4.69) is 26.1 Å². The first kappa shape index (κ1) is 24.7. The lowest BCUT2D eigenvalue weighted by atomic mass is 10.1. The molecule has 2 saturated heterocycles. The monoisotopic (exact) mass is 541 g/mol. The van der Waals surface area contributed by atoms with Crippen molar-refractivity contribution >= 4 is 48.3 Å². The Morgan fingerprint density at radius 2 is 1.92 bits per heavy atom. The van der Waals surface area contributed by atoms with Crippen LogP contribution in [0.5, 0.6) is 0 Å². The minimum Gasteiger partial charge on any atom is -0.378 e. The number of nitrogens with zero attached hydrogens (tertiary/aromatic N) is 6. The summed E-state index contributed by atoms with van der Waals surface area (Å²) in [6.07, 6.45) is 3.14. The summed E-state index contributed by atoms with van der Waals surface area (Å²) in [4.78, 5) is 15.9. The summed E-state index contributed by atoms with van der Waals surface area (Å²) in [5, 5.41) is 7.95.